The minimum absolute atomic E-state index is 0.00383. The Bertz CT molecular complexity index is 1020. The average molecular weight is 512 g/mol. The molecule has 1 N–H and O–H groups in total. The number of rotatable bonds is 7. The van der Waals surface area contributed by atoms with Gasteiger partial charge in [0.1, 0.15) is 12.2 Å². The molecule has 0 radical (unpaired) electrons. The third kappa shape index (κ3) is 8.23. The first kappa shape index (κ1) is 26.5. The zero-order valence-electron chi connectivity index (χ0n) is 21.9. The van der Waals surface area contributed by atoms with Gasteiger partial charge in [0.25, 0.3) is 0 Å². The number of hydrogen-bond donors (Lipinski definition) is 1. The third-order valence-corrected chi connectivity index (χ3v) is 6.37. The Hall–Kier alpha value is -3.56. The van der Waals surface area contributed by atoms with Crippen LogP contribution in [0.1, 0.15) is 45.6 Å². The highest BCUT2D eigenvalue weighted by molar-refractivity contribution is 5.68. The van der Waals surface area contributed by atoms with Crippen molar-refractivity contribution in [2.75, 3.05) is 37.7 Å². The smallest absolute Gasteiger partial charge is 0.410 e. The fourth-order valence-corrected chi connectivity index (χ4v) is 4.39. The molecule has 4 rings (SSSR count). The number of hydrogen-bond acceptors (Lipinski definition) is 8. The topological polar surface area (TPSA) is 106 Å². The zero-order chi connectivity index (χ0) is 26.3. The summed E-state index contributed by atoms with van der Waals surface area (Å²) in [4.78, 5) is 37.1. The van der Waals surface area contributed by atoms with E-state index in [-0.39, 0.29) is 18.7 Å². The maximum atomic E-state index is 12.4. The van der Waals surface area contributed by atoms with Gasteiger partial charge in [0.2, 0.25) is 5.95 Å². The number of anilines is 1. The van der Waals surface area contributed by atoms with E-state index in [9.17, 15) is 9.59 Å². The van der Waals surface area contributed by atoms with Crippen LogP contribution in [0.25, 0.3) is 0 Å². The lowest BCUT2D eigenvalue weighted by Crippen LogP contribution is -2.40. The van der Waals surface area contributed by atoms with Gasteiger partial charge >= 0.3 is 12.2 Å². The van der Waals surface area contributed by atoms with E-state index in [1.807, 2.05) is 56.0 Å². The second-order valence-electron chi connectivity index (χ2n) is 10.6. The van der Waals surface area contributed by atoms with Gasteiger partial charge in [-0.1, -0.05) is 30.3 Å². The zero-order valence-corrected chi connectivity index (χ0v) is 21.9. The highest BCUT2D eigenvalue weighted by Crippen LogP contribution is 2.22. The molecule has 37 heavy (non-hydrogen) atoms. The lowest BCUT2D eigenvalue weighted by Gasteiger charge is -2.31. The van der Waals surface area contributed by atoms with Gasteiger partial charge in [-0.05, 0) is 51.5 Å². The van der Waals surface area contributed by atoms with E-state index in [2.05, 4.69) is 15.3 Å². The fraction of sp³-hybridized carbons (Fsp3) is 0.556. The second kappa shape index (κ2) is 12.1. The van der Waals surface area contributed by atoms with Gasteiger partial charge in [0.05, 0.1) is 25.0 Å². The number of nitrogens with zero attached hydrogens (tertiary/aromatic N) is 4. The van der Waals surface area contributed by atoms with E-state index < -0.39 is 11.7 Å². The fourth-order valence-electron chi connectivity index (χ4n) is 4.39. The van der Waals surface area contributed by atoms with Crippen LogP contribution in [0.3, 0.4) is 0 Å². The molecule has 1 aromatic heterocycles. The molecular formula is C27H37N5O5. The summed E-state index contributed by atoms with van der Waals surface area (Å²) in [6.07, 6.45) is 5.23. The largest absolute Gasteiger partial charge is 0.490 e. The quantitative estimate of drug-likeness (QED) is 0.595. The summed E-state index contributed by atoms with van der Waals surface area (Å²) in [6.45, 7) is 9.08. The Morgan fingerprint density at radius 3 is 2.41 bits per heavy atom. The molecule has 0 spiro atoms. The summed E-state index contributed by atoms with van der Waals surface area (Å²) in [5.41, 5.74) is 0.460. The van der Waals surface area contributed by atoms with Crippen LogP contribution in [0.5, 0.6) is 5.75 Å². The van der Waals surface area contributed by atoms with Crippen LogP contribution in [0.4, 0.5) is 15.5 Å². The number of nitrogens with one attached hydrogen (secondary N) is 1. The molecule has 0 saturated carbocycles. The van der Waals surface area contributed by atoms with E-state index in [4.69, 9.17) is 14.2 Å². The van der Waals surface area contributed by atoms with Crippen LogP contribution < -0.4 is 15.0 Å². The predicted molar refractivity (Wildman–Crippen MR) is 138 cm³/mol. The first-order valence-electron chi connectivity index (χ1n) is 12.9. The Morgan fingerprint density at radius 2 is 1.73 bits per heavy atom. The normalized spacial score (nSPS) is 18.4. The summed E-state index contributed by atoms with van der Waals surface area (Å²) in [6, 6.07) is 9.69. The molecule has 200 valence electrons. The average Bonchev–Trinajstić information content (AvgIpc) is 3.34. The number of alkyl carbamates (subject to hydrolysis) is 1. The number of aromatic nitrogens is 2. The van der Waals surface area contributed by atoms with Crippen molar-refractivity contribution in [1.82, 2.24) is 20.2 Å². The second-order valence-corrected chi connectivity index (χ2v) is 10.6. The van der Waals surface area contributed by atoms with Gasteiger partial charge in [-0.3, -0.25) is 0 Å². The Kier molecular flexibility index (Phi) is 8.68. The monoisotopic (exact) mass is 511 g/mol. The maximum Gasteiger partial charge on any atom is 0.410 e. The maximum absolute atomic E-state index is 12.4. The summed E-state index contributed by atoms with van der Waals surface area (Å²) >= 11 is 0. The van der Waals surface area contributed by atoms with Crippen molar-refractivity contribution in [3.63, 3.8) is 0 Å². The minimum atomic E-state index is -0.521. The lowest BCUT2D eigenvalue weighted by atomic mass is 9.98. The molecule has 0 aliphatic carbocycles. The molecule has 2 aliphatic heterocycles. The van der Waals surface area contributed by atoms with E-state index >= 15 is 0 Å². The minimum Gasteiger partial charge on any atom is -0.490 e. The van der Waals surface area contributed by atoms with Gasteiger partial charge in [-0.25, -0.2) is 19.6 Å². The molecule has 3 heterocycles. The number of carbonyl (C=O) groups is 2. The van der Waals surface area contributed by atoms with Crippen LogP contribution in [-0.4, -0.2) is 71.5 Å². The summed E-state index contributed by atoms with van der Waals surface area (Å²) < 4.78 is 16.7. The standard InChI is InChI=1S/C27H37N5O5/c1-27(2,3)37-25(33)30-22-11-14-32(17-22)24-28-15-23(16-29-24)35-18-21-9-12-31(13-10-21)26(34)36-19-20-7-5-4-6-8-20/h4-8,15-16,21-22H,9-14,17-19H2,1-3H3,(H,30,33)/t22-/m1/s1. The van der Waals surface area contributed by atoms with Crippen molar-refractivity contribution in [2.45, 2.75) is 58.3 Å². The first-order chi connectivity index (χ1) is 17.7. The van der Waals surface area contributed by atoms with E-state index in [0.717, 1.165) is 31.4 Å². The molecule has 2 saturated heterocycles. The molecule has 10 nitrogen and oxygen atoms in total. The van der Waals surface area contributed by atoms with E-state index in [0.29, 0.717) is 43.9 Å². The summed E-state index contributed by atoms with van der Waals surface area (Å²) in [7, 11) is 0. The van der Waals surface area contributed by atoms with Gasteiger partial charge in [0.15, 0.2) is 5.75 Å². The van der Waals surface area contributed by atoms with E-state index in [1.165, 1.54) is 0 Å². The van der Waals surface area contributed by atoms with Crippen LogP contribution in [-0.2, 0) is 16.1 Å². The van der Waals surface area contributed by atoms with Gasteiger partial charge in [-0.2, -0.15) is 0 Å². The summed E-state index contributed by atoms with van der Waals surface area (Å²) in [5, 5.41) is 2.91. The Balaban J connectivity index is 1.14. The molecule has 2 amide bonds. The molecule has 1 aromatic carbocycles. The molecule has 1 atom stereocenters. The molecule has 2 aliphatic rings. The number of amides is 2. The van der Waals surface area contributed by atoms with Gasteiger partial charge < -0.3 is 29.3 Å². The number of carbonyl (C=O) groups excluding carboxylic acids is 2. The van der Waals surface area contributed by atoms with Crippen molar-refractivity contribution in [3.05, 3.63) is 48.3 Å². The van der Waals surface area contributed by atoms with Crippen LogP contribution >= 0.6 is 0 Å². The van der Waals surface area contributed by atoms with Crippen molar-refractivity contribution in [3.8, 4) is 5.75 Å². The van der Waals surface area contributed by atoms with Crippen molar-refractivity contribution >= 4 is 18.1 Å². The Labute approximate surface area is 218 Å². The highest BCUT2D eigenvalue weighted by atomic mass is 16.6. The van der Waals surface area contributed by atoms with Crippen molar-refractivity contribution in [2.24, 2.45) is 5.92 Å². The molecule has 10 heteroatoms. The first-order valence-corrected chi connectivity index (χ1v) is 12.9. The van der Waals surface area contributed by atoms with Crippen LogP contribution in [0, 0.1) is 5.92 Å². The summed E-state index contributed by atoms with van der Waals surface area (Å²) in [5.74, 6) is 1.59. The molecule has 0 unspecified atom stereocenters. The lowest BCUT2D eigenvalue weighted by molar-refractivity contribution is 0.0508. The SMILES string of the molecule is CC(C)(C)OC(=O)N[C@@H]1CCN(c2ncc(OCC3CCN(C(=O)OCc4ccccc4)CC3)cn2)C1. The number of piperidine rings is 1. The van der Waals surface area contributed by atoms with Crippen LogP contribution in [0.2, 0.25) is 0 Å². The van der Waals surface area contributed by atoms with E-state index in [1.54, 1.807) is 17.3 Å². The van der Waals surface area contributed by atoms with Crippen molar-refractivity contribution in [1.29, 1.82) is 0 Å². The number of ether oxygens (including phenoxy) is 3. The van der Waals surface area contributed by atoms with Gasteiger partial charge in [-0.15, -0.1) is 0 Å². The Morgan fingerprint density at radius 1 is 1.03 bits per heavy atom. The highest BCUT2D eigenvalue weighted by Gasteiger charge is 2.28. The third-order valence-electron chi connectivity index (χ3n) is 6.37. The van der Waals surface area contributed by atoms with Crippen LogP contribution in [0.15, 0.2) is 42.7 Å². The molecule has 2 fully saturated rings. The molecular weight excluding hydrogens is 474 g/mol. The predicted octanol–water partition coefficient (Wildman–Crippen LogP) is 4.01. The van der Waals surface area contributed by atoms with Crippen molar-refractivity contribution < 1.29 is 23.8 Å². The number of likely N-dealkylation sites (tertiary alicyclic amines) is 1. The molecule has 2 aromatic rings. The number of benzene rings is 1. The van der Waals surface area contributed by atoms with Gasteiger partial charge in [0, 0.05) is 26.2 Å². The molecule has 0 bridgehead atoms.